The molecule has 4 nitrogen and oxygen atoms in total. The van der Waals surface area contributed by atoms with Crippen LogP contribution in [-0.4, -0.2) is 38.3 Å². The summed E-state index contributed by atoms with van der Waals surface area (Å²) in [6, 6.07) is 7.80. The lowest BCUT2D eigenvalue weighted by Gasteiger charge is -2.19. The number of nitrogens with zero attached hydrogens (tertiary/aromatic N) is 1. The second-order valence-corrected chi connectivity index (χ2v) is 4.76. The lowest BCUT2D eigenvalue weighted by atomic mass is 10.2. The van der Waals surface area contributed by atoms with E-state index >= 15 is 0 Å². The first kappa shape index (κ1) is 13.6. The number of alkyl halides is 1. The summed E-state index contributed by atoms with van der Waals surface area (Å²) in [5, 5.41) is 2.72. The van der Waals surface area contributed by atoms with Crippen molar-refractivity contribution in [1.82, 2.24) is 5.32 Å². The van der Waals surface area contributed by atoms with Gasteiger partial charge in [0.2, 0.25) is 0 Å². The summed E-state index contributed by atoms with van der Waals surface area (Å²) in [7, 11) is 1.63. The van der Waals surface area contributed by atoms with E-state index in [1.807, 2.05) is 24.3 Å². The molecule has 0 aliphatic carbocycles. The highest BCUT2D eigenvalue weighted by atomic mass is 19.1. The van der Waals surface area contributed by atoms with E-state index in [4.69, 9.17) is 4.74 Å². The quantitative estimate of drug-likeness (QED) is 0.902. The Hall–Kier alpha value is -1.78. The number of nitrogens with one attached hydrogen (secondary N) is 1. The molecular formula is C14H19FN2O2. The van der Waals surface area contributed by atoms with Crippen molar-refractivity contribution in [1.29, 1.82) is 0 Å². The zero-order valence-corrected chi connectivity index (χ0v) is 11.2. The Morgan fingerprint density at radius 2 is 2.37 bits per heavy atom. The van der Waals surface area contributed by atoms with Gasteiger partial charge in [0.25, 0.3) is 5.91 Å². The molecule has 1 saturated heterocycles. The Kier molecular flexibility index (Phi) is 4.24. The second-order valence-electron chi connectivity index (χ2n) is 4.76. The number of halogens is 1. The highest BCUT2D eigenvalue weighted by molar-refractivity contribution is 5.80. The maximum absolute atomic E-state index is 12.8. The van der Waals surface area contributed by atoms with Gasteiger partial charge in [0, 0.05) is 30.9 Å². The van der Waals surface area contributed by atoms with Gasteiger partial charge in [-0.05, 0) is 25.5 Å². The number of rotatable bonds is 4. The largest absolute Gasteiger partial charge is 0.497 e. The molecule has 2 unspecified atom stereocenters. The van der Waals surface area contributed by atoms with Crippen LogP contribution in [0.3, 0.4) is 0 Å². The lowest BCUT2D eigenvalue weighted by molar-refractivity contribution is -0.125. The van der Waals surface area contributed by atoms with Gasteiger partial charge >= 0.3 is 0 Å². The number of ether oxygens (including phenoxy) is 1. The minimum atomic E-state index is -1.45. The predicted octanol–water partition coefficient (Wildman–Crippen LogP) is 1.75. The normalized spacial score (nSPS) is 20.2. The highest BCUT2D eigenvalue weighted by Crippen LogP contribution is 2.24. The molecule has 2 atom stereocenters. The van der Waals surface area contributed by atoms with E-state index in [1.165, 1.54) is 6.92 Å². The molecule has 1 fully saturated rings. The Morgan fingerprint density at radius 1 is 1.58 bits per heavy atom. The predicted molar refractivity (Wildman–Crippen MR) is 72.3 cm³/mol. The van der Waals surface area contributed by atoms with Crippen molar-refractivity contribution in [2.75, 3.05) is 25.1 Å². The fourth-order valence-electron chi connectivity index (χ4n) is 2.24. The first-order valence-corrected chi connectivity index (χ1v) is 6.43. The van der Waals surface area contributed by atoms with Crippen LogP contribution >= 0.6 is 0 Å². The molecule has 1 aromatic rings. The highest BCUT2D eigenvalue weighted by Gasteiger charge is 2.25. The maximum atomic E-state index is 12.8. The second kappa shape index (κ2) is 5.91. The summed E-state index contributed by atoms with van der Waals surface area (Å²) in [6.45, 7) is 2.80. The summed E-state index contributed by atoms with van der Waals surface area (Å²) < 4.78 is 18.0. The Balaban J connectivity index is 1.96. The molecule has 104 valence electrons. The monoisotopic (exact) mass is 266 g/mol. The van der Waals surface area contributed by atoms with Gasteiger partial charge in [-0.15, -0.1) is 0 Å². The summed E-state index contributed by atoms with van der Waals surface area (Å²) in [4.78, 5) is 13.5. The smallest absolute Gasteiger partial charge is 0.254 e. The van der Waals surface area contributed by atoms with Crippen LogP contribution in [0.25, 0.3) is 0 Å². The lowest BCUT2D eigenvalue weighted by Crippen LogP contribution is -2.40. The number of hydrogen-bond donors (Lipinski definition) is 1. The van der Waals surface area contributed by atoms with Crippen molar-refractivity contribution in [2.45, 2.75) is 25.6 Å². The van der Waals surface area contributed by atoms with Crippen LogP contribution in [0.2, 0.25) is 0 Å². The SMILES string of the molecule is COc1cccc(N2CCC(NC(=O)C(C)F)C2)c1. The first-order valence-electron chi connectivity index (χ1n) is 6.43. The van der Waals surface area contributed by atoms with E-state index in [1.54, 1.807) is 7.11 Å². The molecule has 2 rings (SSSR count). The van der Waals surface area contributed by atoms with Crippen molar-refractivity contribution in [3.63, 3.8) is 0 Å². The molecular weight excluding hydrogens is 247 g/mol. The van der Waals surface area contributed by atoms with Crippen molar-refractivity contribution in [3.8, 4) is 5.75 Å². The van der Waals surface area contributed by atoms with Crippen LogP contribution < -0.4 is 15.0 Å². The molecule has 19 heavy (non-hydrogen) atoms. The standard InChI is InChI=1S/C14H19FN2O2/c1-10(15)14(18)16-11-6-7-17(9-11)12-4-3-5-13(8-12)19-2/h3-5,8,10-11H,6-7,9H2,1-2H3,(H,16,18). The average Bonchev–Trinajstić information content (AvgIpc) is 2.87. The molecule has 0 radical (unpaired) electrons. The van der Waals surface area contributed by atoms with E-state index < -0.39 is 12.1 Å². The zero-order valence-electron chi connectivity index (χ0n) is 11.2. The molecule has 1 heterocycles. The number of hydrogen-bond acceptors (Lipinski definition) is 3. The molecule has 0 spiro atoms. The summed E-state index contributed by atoms with van der Waals surface area (Å²) in [5.41, 5.74) is 1.06. The third kappa shape index (κ3) is 3.36. The molecule has 5 heteroatoms. The fourth-order valence-corrected chi connectivity index (χ4v) is 2.24. The van der Waals surface area contributed by atoms with Crippen molar-refractivity contribution < 1.29 is 13.9 Å². The molecule has 1 amide bonds. The number of benzene rings is 1. The van der Waals surface area contributed by atoms with Gasteiger partial charge in [0.15, 0.2) is 6.17 Å². The zero-order chi connectivity index (χ0) is 13.8. The van der Waals surface area contributed by atoms with E-state index in [2.05, 4.69) is 10.2 Å². The van der Waals surface area contributed by atoms with Gasteiger partial charge in [0.05, 0.1) is 7.11 Å². The molecule has 1 N–H and O–H groups in total. The Morgan fingerprint density at radius 3 is 3.05 bits per heavy atom. The van der Waals surface area contributed by atoms with Gasteiger partial charge in [-0.2, -0.15) is 0 Å². The van der Waals surface area contributed by atoms with E-state index in [9.17, 15) is 9.18 Å². The average molecular weight is 266 g/mol. The Labute approximate surface area is 112 Å². The third-order valence-corrected chi connectivity index (χ3v) is 3.31. The molecule has 0 saturated carbocycles. The van der Waals surface area contributed by atoms with Crippen molar-refractivity contribution in [2.24, 2.45) is 0 Å². The summed E-state index contributed by atoms with van der Waals surface area (Å²) >= 11 is 0. The van der Waals surface area contributed by atoms with Gasteiger partial charge in [-0.25, -0.2) is 4.39 Å². The molecule has 0 bridgehead atoms. The van der Waals surface area contributed by atoms with E-state index in [-0.39, 0.29) is 6.04 Å². The van der Waals surface area contributed by atoms with Gasteiger partial charge in [-0.3, -0.25) is 4.79 Å². The van der Waals surface area contributed by atoms with Crippen LogP contribution in [0.1, 0.15) is 13.3 Å². The molecule has 0 aromatic heterocycles. The number of methoxy groups -OCH3 is 1. The molecule has 1 aliphatic rings. The van der Waals surface area contributed by atoms with Crippen LogP contribution in [0, 0.1) is 0 Å². The van der Waals surface area contributed by atoms with Crippen LogP contribution in [-0.2, 0) is 4.79 Å². The van der Waals surface area contributed by atoms with E-state index in [0.29, 0.717) is 6.54 Å². The molecule has 1 aromatic carbocycles. The molecule has 1 aliphatic heterocycles. The maximum Gasteiger partial charge on any atom is 0.254 e. The van der Waals surface area contributed by atoms with Crippen molar-refractivity contribution >= 4 is 11.6 Å². The Bertz CT molecular complexity index is 451. The van der Waals surface area contributed by atoms with Gasteiger partial charge in [-0.1, -0.05) is 6.07 Å². The fraction of sp³-hybridized carbons (Fsp3) is 0.500. The first-order chi connectivity index (χ1) is 9.10. The van der Waals surface area contributed by atoms with Crippen LogP contribution in [0.5, 0.6) is 5.75 Å². The number of anilines is 1. The number of carbonyl (C=O) groups excluding carboxylic acids is 1. The number of amides is 1. The summed E-state index contributed by atoms with van der Waals surface area (Å²) in [5.74, 6) is 0.278. The summed E-state index contributed by atoms with van der Waals surface area (Å²) in [6.07, 6.45) is -0.624. The van der Waals surface area contributed by atoms with Gasteiger partial charge in [0.1, 0.15) is 5.75 Å². The van der Waals surface area contributed by atoms with Crippen LogP contribution in [0.4, 0.5) is 10.1 Å². The topological polar surface area (TPSA) is 41.6 Å². The minimum Gasteiger partial charge on any atom is -0.497 e. The third-order valence-electron chi connectivity index (χ3n) is 3.31. The minimum absolute atomic E-state index is 0.0110. The van der Waals surface area contributed by atoms with Crippen LogP contribution in [0.15, 0.2) is 24.3 Å². The van der Waals surface area contributed by atoms with Gasteiger partial charge < -0.3 is 15.0 Å². The number of carbonyl (C=O) groups is 1. The van der Waals surface area contributed by atoms with E-state index in [0.717, 1.165) is 24.4 Å². The van der Waals surface area contributed by atoms with Crippen molar-refractivity contribution in [3.05, 3.63) is 24.3 Å².